The lowest BCUT2D eigenvalue weighted by molar-refractivity contribution is -0.141. The Hall–Kier alpha value is -2.86. The molecule has 0 radical (unpaired) electrons. The average molecular weight is 454 g/mol. The number of nitrogens with zero attached hydrogens (tertiary/aromatic N) is 2. The van der Waals surface area contributed by atoms with E-state index in [4.69, 9.17) is 11.6 Å². The minimum atomic E-state index is -1.19. The van der Waals surface area contributed by atoms with E-state index in [0.717, 1.165) is 23.3 Å². The van der Waals surface area contributed by atoms with Crippen molar-refractivity contribution in [3.8, 4) is 0 Å². The summed E-state index contributed by atoms with van der Waals surface area (Å²) in [6.45, 7) is 4.07. The summed E-state index contributed by atoms with van der Waals surface area (Å²) in [5, 5.41) is 3.39. The molecule has 4 amide bonds. The first kappa shape index (κ1) is 22.3. The van der Waals surface area contributed by atoms with Gasteiger partial charge < -0.3 is 10.2 Å². The van der Waals surface area contributed by atoms with Crippen LogP contribution < -0.4 is 5.32 Å². The summed E-state index contributed by atoms with van der Waals surface area (Å²) >= 11 is 6.00. The predicted octanol–water partition coefficient (Wildman–Crippen LogP) is 4.32. The van der Waals surface area contributed by atoms with E-state index in [0.29, 0.717) is 29.5 Å². The van der Waals surface area contributed by atoms with Crippen LogP contribution in [0.1, 0.15) is 44.2 Å². The fraction of sp³-hybridized carbons (Fsp3) is 0.400. The Morgan fingerprint density at radius 2 is 1.81 bits per heavy atom. The van der Waals surface area contributed by atoms with Crippen LogP contribution in [0, 0.1) is 5.92 Å². The Kier molecular flexibility index (Phi) is 6.24. The van der Waals surface area contributed by atoms with Crippen LogP contribution in [0.4, 0.5) is 4.79 Å². The van der Waals surface area contributed by atoms with Crippen LogP contribution in [0.2, 0.25) is 5.02 Å². The standard InChI is InChI=1S/C25H28ClN3O3/c1-3-25(20-11-13-21(26)14-12-20)23(31)29(24(32)27-25)16-22(30)28(17(2)19-9-10-19)15-18-7-5-4-6-8-18/h4-8,11-14,17,19H,3,9-10,15-16H2,1-2H3,(H,27,32). The van der Waals surface area contributed by atoms with E-state index in [9.17, 15) is 14.4 Å². The molecule has 2 aliphatic rings. The van der Waals surface area contributed by atoms with Gasteiger partial charge in [0, 0.05) is 17.6 Å². The first-order valence-corrected chi connectivity index (χ1v) is 11.5. The largest absolute Gasteiger partial charge is 0.334 e. The van der Waals surface area contributed by atoms with Gasteiger partial charge in [0.25, 0.3) is 5.91 Å². The maximum absolute atomic E-state index is 13.4. The molecule has 1 saturated carbocycles. The van der Waals surface area contributed by atoms with E-state index >= 15 is 0 Å². The van der Waals surface area contributed by atoms with Gasteiger partial charge in [0.1, 0.15) is 12.1 Å². The number of amides is 4. The van der Waals surface area contributed by atoms with Gasteiger partial charge >= 0.3 is 6.03 Å². The third-order valence-electron chi connectivity index (χ3n) is 6.65. The first-order valence-electron chi connectivity index (χ1n) is 11.1. The van der Waals surface area contributed by atoms with Crippen LogP contribution in [0.15, 0.2) is 54.6 Å². The third-order valence-corrected chi connectivity index (χ3v) is 6.90. The number of hydrogen-bond acceptors (Lipinski definition) is 3. The van der Waals surface area contributed by atoms with Gasteiger partial charge in [0.15, 0.2) is 0 Å². The van der Waals surface area contributed by atoms with Crippen molar-refractivity contribution in [1.29, 1.82) is 0 Å². The fourth-order valence-electron chi connectivity index (χ4n) is 4.44. The molecule has 0 spiro atoms. The van der Waals surface area contributed by atoms with Crippen molar-refractivity contribution < 1.29 is 14.4 Å². The van der Waals surface area contributed by atoms with Gasteiger partial charge in [0.2, 0.25) is 5.91 Å². The molecule has 0 aromatic heterocycles. The predicted molar refractivity (Wildman–Crippen MR) is 123 cm³/mol. The average Bonchev–Trinajstić information content (AvgIpc) is 3.62. The topological polar surface area (TPSA) is 69.7 Å². The highest BCUT2D eigenvalue weighted by Gasteiger charge is 2.52. The minimum absolute atomic E-state index is 0.0515. The van der Waals surface area contributed by atoms with E-state index in [1.165, 1.54) is 0 Å². The molecule has 4 rings (SSSR count). The summed E-state index contributed by atoms with van der Waals surface area (Å²) in [6, 6.07) is 16.2. The Morgan fingerprint density at radius 1 is 1.16 bits per heavy atom. The number of hydrogen-bond donors (Lipinski definition) is 1. The molecule has 2 unspecified atom stereocenters. The number of benzene rings is 2. The van der Waals surface area contributed by atoms with Crippen molar-refractivity contribution in [2.24, 2.45) is 5.92 Å². The quantitative estimate of drug-likeness (QED) is 0.605. The molecule has 1 aliphatic heterocycles. The van der Waals surface area contributed by atoms with Crippen molar-refractivity contribution in [1.82, 2.24) is 15.1 Å². The number of imide groups is 1. The van der Waals surface area contributed by atoms with Crippen molar-refractivity contribution in [2.45, 2.75) is 51.2 Å². The van der Waals surface area contributed by atoms with Crippen molar-refractivity contribution in [3.05, 3.63) is 70.7 Å². The molecular formula is C25H28ClN3O3. The Bertz CT molecular complexity index is 1010. The van der Waals surface area contributed by atoms with E-state index in [1.807, 2.05) is 42.2 Å². The van der Waals surface area contributed by atoms with Crippen LogP contribution in [0.5, 0.6) is 0 Å². The Morgan fingerprint density at radius 3 is 2.41 bits per heavy atom. The van der Waals surface area contributed by atoms with Crippen LogP contribution in [0.25, 0.3) is 0 Å². The zero-order valence-electron chi connectivity index (χ0n) is 18.4. The summed E-state index contributed by atoms with van der Waals surface area (Å²) in [4.78, 5) is 42.5. The van der Waals surface area contributed by atoms with Crippen molar-refractivity contribution in [2.75, 3.05) is 6.54 Å². The second kappa shape index (κ2) is 8.94. The van der Waals surface area contributed by atoms with E-state index in [-0.39, 0.29) is 18.5 Å². The number of urea groups is 1. The van der Waals surface area contributed by atoms with Crippen LogP contribution in [0.3, 0.4) is 0 Å². The molecule has 32 heavy (non-hydrogen) atoms. The van der Waals surface area contributed by atoms with Crippen molar-refractivity contribution >= 4 is 29.4 Å². The fourth-order valence-corrected chi connectivity index (χ4v) is 4.57. The monoisotopic (exact) mass is 453 g/mol. The molecule has 2 aromatic carbocycles. The maximum Gasteiger partial charge on any atom is 0.325 e. The SMILES string of the molecule is CCC1(c2ccc(Cl)cc2)NC(=O)N(CC(=O)N(Cc2ccccc2)C(C)C2CC2)C1=O. The lowest BCUT2D eigenvalue weighted by Gasteiger charge is -2.31. The van der Waals surface area contributed by atoms with E-state index in [1.54, 1.807) is 24.3 Å². The molecule has 1 saturated heterocycles. The van der Waals surface area contributed by atoms with Gasteiger partial charge in [-0.3, -0.25) is 14.5 Å². The molecule has 6 nitrogen and oxygen atoms in total. The van der Waals surface area contributed by atoms with Crippen LogP contribution >= 0.6 is 11.6 Å². The Balaban J connectivity index is 1.55. The second-order valence-electron chi connectivity index (χ2n) is 8.67. The molecule has 1 aliphatic carbocycles. The summed E-state index contributed by atoms with van der Waals surface area (Å²) in [6.07, 6.45) is 2.56. The van der Waals surface area contributed by atoms with Gasteiger partial charge in [-0.15, -0.1) is 0 Å². The zero-order chi connectivity index (χ0) is 22.9. The normalized spacial score (nSPS) is 21.4. The van der Waals surface area contributed by atoms with Gasteiger partial charge in [-0.2, -0.15) is 0 Å². The van der Waals surface area contributed by atoms with E-state index < -0.39 is 17.5 Å². The summed E-state index contributed by atoms with van der Waals surface area (Å²) in [5.74, 6) is -0.159. The minimum Gasteiger partial charge on any atom is -0.334 e. The number of halogens is 1. The summed E-state index contributed by atoms with van der Waals surface area (Å²) < 4.78 is 0. The van der Waals surface area contributed by atoms with Crippen molar-refractivity contribution in [3.63, 3.8) is 0 Å². The molecule has 2 atom stereocenters. The lowest BCUT2D eigenvalue weighted by atomic mass is 9.87. The molecular weight excluding hydrogens is 426 g/mol. The molecule has 1 heterocycles. The van der Waals surface area contributed by atoms with Gasteiger partial charge in [0.05, 0.1) is 0 Å². The van der Waals surface area contributed by atoms with Gasteiger partial charge in [-0.05, 0) is 55.4 Å². The molecule has 168 valence electrons. The maximum atomic E-state index is 13.4. The Labute approximate surface area is 193 Å². The highest BCUT2D eigenvalue weighted by atomic mass is 35.5. The van der Waals surface area contributed by atoms with Crippen LogP contribution in [-0.2, 0) is 21.7 Å². The second-order valence-corrected chi connectivity index (χ2v) is 9.11. The summed E-state index contributed by atoms with van der Waals surface area (Å²) in [7, 11) is 0. The van der Waals surface area contributed by atoms with Gasteiger partial charge in [-0.25, -0.2) is 4.79 Å². The highest BCUT2D eigenvalue weighted by molar-refractivity contribution is 6.30. The smallest absolute Gasteiger partial charge is 0.325 e. The van der Waals surface area contributed by atoms with Gasteiger partial charge in [-0.1, -0.05) is 61.0 Å². The molecule has 2 fully saturated rings. The zero-order valence-corrected chi connectivity index (χ0v) is 19.1. The number of carbonyl (C=O) groups is 3. The van der Waals surface area contributed by atoms with Crippen LogP contribution in [-0.4, -0.2) is 40.2 Å². The number of nitrogens with one attached hydrogen (secondary N) is 1. The molecule has 7 heteroatoms. The molecule has 2 aromatic rings. The summed E-state index contributed by atoms with van der Waals surface area (Å²) in [5.41, 5.74) is 0.494. The highest BCUT2D eigenvalue weighted by Crippen LogP contribution is 2.36. The number of rotatable bonds is 8. The third kappa shape index (κ3) is 4.24. The van der Waals surface area contributed by atoms with E-state index in [2.05, 4.69) is 12.2 Å². The first-order chi connectivity index (χ1) is 15.4. The number of carbonyl (C=O) groups excluding carboxylic acids is 3. The molecule has 1 N–H and O–H groups in total. The molecule has 0 bridgehead atoms. The lowest BCUT2D eigenvalue weighted by Crippen LogP contribution is -2.47.